The molecule has 1 aromatic rings. The molecule has 0 saturated heterocycles. The summed E-state index contributed by atoms with van der Waals surface area (Å²) in [5.74, 6) is 0.246. The summed E-state index contributed by atoms with van der Waals surface area (Å²) in [6, 6.07) is 6.14. The molecule has 1 aliphatic rings. The van der Waals surface area contributed by atoms with E-state index in [0.717, 1.165) is 29.9 Å². The molecule has 0 spiro atoms. The third-order valence-electron chi connectivity index (χ3n) is 4.63. The Hall–Kier alpha value is -1.13. The third-order valence-corrected chi connectivity index (χ3v) is 5.34. The molecule has 0 aromatic heterocycles. The molecule has 133 valence electrons. The van der Waals surface area contributed by atoms with Crippen molar-refractivity contribution in [2.75, 3.05) is 18.0 Å². The van der Waals surface area contributed by atoms with Gasteiger partial charge in [0.1, 0.15) is 0 Å². The van der Waals surface area contributed by atoms with Gasteiger partial charge in [0.15, 0.2) is 5.78 Å². The first kappa shape index (κ1) is 19.2. The van der Waals surface area contributed by atoms with Crippen LogP contribution in [-0.2, 0) is 4.43 Å². The van der Waals surface area contributed by atoms with E-state index in [1.807, 2.05) is 26.0 Å². The Bertz CT molecular complexity index is 617. The second kappa shape index (κ2) is 6.64. The summed E-state index contributed by atoms with van der Waals surface area (Å²) in [6.45, 7) is 18.9. The minimum atomic E-state index is -0.852. The summed E-state index contributed by atoms with van der Waals surface area (Å²) in [6.07, 6.45) is -0.000555. The van der Waals surface area contributed by atoms with E-state index in [-0.39, 0.29) is 22.7 Å². The van der Waals surface area contributed by atoms with Crippen LogP contribution < -0.4 is 4.90 Å². The summed E-state index contributed by atoms with van der Waals surface area (Å²) in [5.41, 5.74) is 2.74. The minimum absolute atomic E-state index is 0.000555. The van der Waals surface area contributed by atoms with Crippen LogP contribution >= 0.6 is 0 Å². The lowest BCUT2D eigenvalue weighted by molar-refractivity contribution is 0.0813. The van der Waals surface area contributed by atoms with Gasteiger partial charge in [-0.2, -0.15) is 0 Å². The van der Waals surface area contributed by atoms with Gasteiger partial charge in [-0.25, -0.2) is 0 Å². The van der Waals surface area contributed by atoms with Crippen LogP contribution in [-0.4, -0.2) is 27.9 Å². The summed E-state index contributed by atoms with van der Waals surface area (Å²) < 4.78 is 6.41. The molecule has 1 unspecified atom stereocenters. The van der Waals surface area contributed by atoms with Crippen LogP contribution in [0.25, 0.3) is 0 Å². The second-order valence-corrected chi connectivity index (χ2v) is 10.8. The number of Topliss-reactive ketones (excluding diaryl/α,β-unsaturated/α-hetero) is 1. The molecule has 0 N–H and O–H groups in total. The van der Waals surface area contributed by atoms with E-state index >= 15 is 0 Å². The quantitative estimate of drug-likeness (QED) is 0.711. The zero-order valence-electron chi connectivity index (χ0n) is 16.5. The van der Waals surface area contributed by atoms with Crippen LogP contribution in [0.3, 0.4) is 0 Å². The number of rotatable bonds is 4. The van der Waals surface area contributed by atoms with Gasteiger partial charge in [-0.15, -0.1) is 0 Å². The molecule has 1 aromatic carbocycles. The molecule has 1 atom stereocenters. The molecule has 0 fully saturated rings. The van der Waals surface area contributed by atoms with Crippen molar-refractivity contribution in [3.8, 4) is 0 Å². The van der Waals surface area contributed by atoms with Crippen LogP contribution in [0.1, 0.15) is 63.6 Å². The van der Waals surface area contributed by atoms with Gasteiger partial charge in [-0.3, -0.25) is 4.79 Å². The average molecular weight is 347 g/mol. The standard InChI is InChI=1S/C20H32NO2Si/c1-9-21-13-20(5,6)17(22)14-11-10-12-15(16(14)21)18(19(2,3)4)23-24(7)8/h10-12,18H,9,13H2,1-8H3. The van der Waals surface area contributed by atoms with E-state index in [1.54, 1.807) is 0 Å². The maximum Gasteiger partial charge on any atom is 0.205 e. The number of carbonyl (C=O) groups is 1. The fourth-order valence-corrected chi connectivity index (χ4v) is 4.47. The number of para-hydroxylation sites is 1. The summed E-state index contributed by atoms with van der Waals surface area (Å²) in [5, 5.41) is 0. The minimum Gasteiger partial charge on any atom is -0.410 e. The predicted molar refractivity (Wildman–Crippen MR) is 103 cm³/mol. The van der Waals surface area contributed by atoms with E-state index in [2.05, 4.69) is 51.8 Å². The van der Waals surface area contributed by atoms with Gasteiger partial charge < -0.3 is 9.33 Å². The van der Waals surface area contributed by atoms with Crippen LogP contribution in [0, 0.1) is 10.8 Å². The fraction of sp³-hybridized carbons (Fsp3) is 0.650. The number of ketones is 1. The Morgan fingerprint density at radius 1 is 1.29 bits per heavy atom. The molecule has 1 radical (unpaired) electrons. The number of fused-ring (bicyclic) bond motifs is 1. The van der Waals surface area contributed by atoms with E-state index < -0.39 is 9.04 Å². The van der Waals surface area contributed by atoms with Gasteiger partial charge in [-0.1, -0.05) is 46.8 Å². The van der Waals surface area contributed by atoms with Gasteiger partial charge in [0.05, 0.1) is 11.8 Å². The number of nitrogens with zero attached hydrogens (tertiary/aromatic N) is 1. The van der Waals surface area contributed by atoms with E-state index in [4.69, 9.17) is 4.43 Å². The Kier molecular flexibility index (Phi) is 5.31. The van der Waals surface area contributed by atoms with Crippen LogP contribution in [0.2, 0.25) is 13.1 Å². The number of benzene rings is 1. The maximum absolute atomic E-state index is 13.0. The van der Waals surface area contributed by atoms with Crippen molar-refractivity contribution in [2.45, 2.75) is 60.7 Å². The fourth-order valence-electron chi connectivity index (χ4n) is 3.51. The topological polar surface area (TPSA) is 29.5 Å². The van der Waals surface area contributed by atoms with E-state index in [0.29, 0.717) is 0 Å². The van der Waals surface area contributed by atoms with E-state index in [9.17, 15) is 4.79 Å². The van der Waals surface area contributed by atoms with Crippen LogP contribution in [0.5, 0.6) is 0 Å². The van der Waals surface area contributed by atoms with Crippen molar-refractivity contribution in [3.05, 3.63) is 29.3 Å². The van der Waals surface area contributed by atoms with Crippen LogP contribution in [0.4, 0.5) is 5.69 Å². The van der Waals surface area contributed by atoms with Gasteiger partial charge in [0.2, 0.25) is 9.04 Å². The van der Waals surface area contributed by atoms with Crippen molar-refractivity contribution in [1.82, 2.24) is 0 Å². The smallest absolute Gasteiger partial charge is 0.205 e. The first-order chi connectivity index (χ1) is 11.0. The number of hydrogen-bond acceptors (Lipinski definition) is 3. The summed E-state index contributed by atoms with van der Waals surface area (Å²) in [4.78, 5) is 15.3. The summed E-state index contributed by atoms with van der Waals surface area (Å²) >= 11 is 0. The first-order valence-corrected chi connectivity index (χ1v) is 11.3. The Balaban J connectivity index is 2.65. The van der Waals surface area contributed by atoms with Crippen molar-refractivity contribution < 1.29 is 9.22 Å². The number of hydrogen-bond donors (Lipinski definition) is 0. The highest BCUT2D eigenvalue weighted by atomic mass is 28.3. The lowest BCUT2D eigenvalue weighted by atomic mass is 9.76. The predicted octanol–water partition coefficient (Wildman–Crippen LogP) is 5.09. The van der Waals surface area contributed by atoms with Crippen molar-refractivity contribution in [3.63, 3.8) is 0 Å². The largest absolute Gasteiger partial charge is 0.410 e. The zero-order chi connectivity index (χ0) is 18.3. The lowest BCUT2D eigenvalue weighted by Gasteiger charge is -2.43. The zero-order valence-corrected chi connectivity index (χ0v) is 17.5. The van der Waals surface area contributed by atoms with Gasteiger partial charge in [0, 0.05) is 29.6 Å². The monoisotopic (exact) mass is 346 g/mol. The van der Waals surface area contributed by atoms with Gasteiger partial charge in [0.25, 0.3) is 0 Å². The highest BCUT2D eigenvalue weighted by Gasteiger charge is 2.41. The van der Waals surface area contributed by atoms with Crippen molar-refractivity contribution >= 4 is 20.5 Å². The number of anilines is 1. The van der Waals surface area contributed by atoms with Gasteiger partial charge in [-0.05, 0) is 31.5 Å². The molecule has 24 heavy (non-hydrogen) atoms. The molecule has 0 amide bonds. The molecule has 3 nitrogen and oxygen atoms in total. The first-order valence-electron chi connectivity index (χ1n) is 8.88. The molecule has 4 heteroatoms. The normalized spacial score (nSPS) is 18.7. The Morgan fingerprint density at radius 2 is 1.92 bits per heavy atom. The highest BCUT2D eigenvalue weighted by molar-refractivity contribution is 6.48. The molecular weight excluding hydrogens is 314 g/mol. The lowest BCUT2D eigenvalue weighted by Crippen LogP contribution is -2.45. The molecule has 0 aliphatic carbocycles. The Labute approximate surface area is 149 Å². The van der Waals surface area contributed by atoms with E-state index in [1.165, 1.54) is 0 Å². The molecule has 0 bridgehead atoms. The van der Waals surface area contributed by atoms with Gasteiger partial charge >= 0.3 is 0 Å². The number of carbonyl (C=O) groups excluding carboxylic acids is 1. The second-order valence-electron chi connectivity index (χ2n) is 8.74. The molecule has 2 rings (SSSR count). The third kappa shape index (κ3) is 3.59. The molecular formula is C20H32NO2Si. The SMILES string of the molecule is CCN1CC(C)(C)C(=O)c2cccc(C(O[Si](C)C)C(C)(C)C)c21. The molecule has 0 saturated carbocycles. The Morgan fingerprint density at radius 3 is 2.42 bits per heavy atom. The van der Waals surface area contributed by atoms with Crippen molar-refractivity contribution in [1.29, 1.82) is 0 Å². The van der Waals surface area contributed by atoms with Crippen molar-refractivity contribution in [2.24, 2.45) is 10.8 Å². The van der Waals surface area contributed by atoms with Crippen LogP contribution in [0.15, 0.2) is 18.2 Å². The highest BCUT2D eigenvalue weighted by Crippen LogP contribution is 2.45. The average Bonchev–Trinajstić information content (AvgIpc) is 2.46. The maximum atomic E-state index is 13.0. The molecule has 1 heterocycles. The molecule has 1 aliphatic heterocycles. The summed E-state index contributed by atoms with van der Waals surface area (Å²) in [7, 11) is -0.852.